The van der Waals surface area contributed by atoms with Crippen molar-refractivity contribution in [1.29, 1.82) is 0 Å². The van der Waals surface area contributed by atoms with Gasteiger partial charge in [-0.3, -0.25) is 0 Å². The molecule has 4 heterocycles. The van der Waals surface area contributed by atoms with Crippen molar-refractivity contribution < 1.29 is 0 Å². The summed E-state index contributed by atoms with van der Waals surface area (Å²) >= 11 is 0. The summed E-state index contributed by atoms with van der Waals surface area (Å²) in [4.78, 5) is 8.42. The molecule has 2 saturated carbocycles. The average Bonchev–Trinajstić information content (AvgIpc) is 3.62. The van der Waals surface area contributed by atoms with Crippen molar-refractivity contribution in [2.45, 2.75) is 134 Å². The topological polar surface area (TPSA) is 9.72 Å². The molecular weight excluding hydrogens is 737 g/mol. The van der Waals surface area contributed by atoms with Crippen molar-refractivity contribution >= 4 is 62.9 Å². The standard InChI is InChI=1S/C57H60BN3/c1-37-22-25-41(26-23-37)59-48-27-24-38(2)32-45(48)58-46-34-40(53(3,4)5)33-44-52(46)61(55(7)29-15-14-28-54(44,55)6)50-36-42(35-49(59)51(50)58)60-47-21-13-12-20-43(47)57(39-18-10-9-11-19-39)31-17-16-30-56(57,60)8/h9-13,18-27,32-36H,14-17,28-31H2,1-8H3. The third kappa shape index (κ3) is 4.67. The van der Waals surface area contributed by atoms with E-state index >= 15 is 0 Å². The van der Waals surface area contributed by atoms with Gasteiger partial charge in [0.05, 0.1) is 11.1 Å². The molecule has 12 rings (SSSR count). The van der Waals surface area contributed by atoms with E-state index in [1.807, 2.05) is 0 Å². The Morgan fingerprint density at radius 1 is 0.525 bits per heavy atom. The van der Waals surface area contributed by atoms with Gasteiger partial charge in [-0.1, -0.05) is 149 Å². The Morgan fingerprint density at radius 2 is 1.20 bits per heavy atom. The van der Waals surface area contributed by atoms with E-state index in [-0.39, 0.29) is 34.0 Å². The third-order valence-corrected chi connectivity index (χ3v) is 17.3. The molecular formula is C57H60BN3. The summed E-state index contributed by atoms with van der Waals surface area (Å²) < 4.78 is 0. The highest BCUT2D eigenvalue weighted by atomic mass is 15.3. The Bertz CT molecular complexity index is 2800. The van der Waals surface area contributed by atoms with E-state index in [9.17, 15) is 0 Å². The second-order valence-electron chi connectivity index (χ2n) is 21.5. The van der Waals surface area contributed by atoms with Crippen LogP contribution in [0.1, 0.15) is 126 Å². The maximum atomic E-state index is 2.94. The normalized spacial score (nSPS) is 26.6. The lowest BCUT2D eigenvalue weighted by Crippen LogP contribution is -2.64. The summed E-state index contributed by atoms with van der Waals surface area (Å²) in [6, 6.07) is 48.2. The molecule has 61 heavy (non-hydrogen) atoms. The molecule has 4 unspecified atom stereocenters. The SMILES string of the molecule is Cc1ccc(N2c3ccc(C)cc3B3c4cc(C(C)(C)C)cc5c4N(c4cc(N6c7ccccc7C7(c8ccccc8)CCCCC67C)cc2c43)C2(C)CCCCC52C)cc1. The van der Waals surface area contributed by atoms with Gasteiger partial charge in [0.15, 0.2) is 0 Å². The molecule has 0 saturated heterocycles. The van der Waals surface area contributed by atoms with Gasteiger partial charge >= 0.3 is 0 Å². The summed E-state index contributed by atoms with van der Waals surface area (Å²) in [5.41, 5.74) is 22.1. The Morgan fingerprint density at radius 3 is 1.97 bits per heavy atom. The molecule has 0 aromatic heterocycles. The minimum atomic E-state index is -0.164. The van der Waals surface area contributed by atoms with E-state index in [1.54, 1.807) is 5.56 Å². The second kappa shape index (κ2) is 12.5. The lowest BCUT2D eigenvalue weighted by Gasteiger charge is -2.54. The van der Waals surface area contributed by atoms with Gasteiger partial charge in [-0.2, -0.15) is 0 Å². The van der Waals surface area contributed by atoms with E-state index in [0.717, 1.165) is 12.8 Å². The van der Waals surface area contributed by atoms with Crippen LogP contribution in [-0.2, 0) is 16.2 Å². The number of fused-ring (bicyclic) bond motifs is 10. The van der Waals surface area contributed by atoms with Gasteiger partial charge in [-0.25, -0.2) is 0 Å². The quantitative estimate of drug-likeness (QED) is 0.165. The van der Waals surface area contributed by atoms with Crippen molar-refractivity contribution in [3.8, 4) is 0 Å². The number of para-hydroxylation sites is 1. The van der Waals surface area contributed by atoms with Gasteiger partial charge in [0.1, 0.15) is 0 Å². The van der Waals surface area contributed by atoms with Crippen molar-refractivity contribution in [1.82, 2.24) is 0 Å². The molecule has 4 heteroatoms. The maximum Gasteiger partial charge on any atom is 0.252 e. The molecule has 306 valence electrons. The number of anilines is 7. The fourth-order valence-corrected chi connectivity index (χ4v) is 14.1. The lowest BCUT2D eigenvalue weighted by atomic mass is 9.33. The predicted octanol–water partition coefficient (Wildman–Crippen LogP) is 12.7. The number of rotatable bonds is 3. The highest BCUT2D eigenvalue weighted by molar-refractivity contribution is 7.00. The molecule has 0 amide bonds. The number of nitrogens with zero attached hydrogens (tertiary/aromatic N) is 3. The van der Waals surface area contributed by atoms with E-state index in [0.29, 0.717) is 0 Å². The first-order valence-corrected chi connectivity index (χ1v) is 23.4. The maximum absolute atomic E-state index is 2.94. The van der Waals surface area contributed by atoms with E-state index in [1.165, 1.54) is 123 Å². The highest BCUT2D eigenvalue weighted by Gasteiger charge is 2.64. The minimum Gasteiger partial charge on any atom is -0.335 e. The van der Waals surface area contributed by atoms with Crippen molar-refractivity contribution in [3.05, 3.63) is 155 Å². The van der Waals surface area contributed by atoms with Gasteiger partial charge in [-0.05, 0) is 134 Å². The van der Waals surface area contributed by atoms with Crippen LogP contribution < -0.4 is 31.1 Å². The summed E-state index contributed by atoms with van der Waals surface area (Å²) in [6.45, 7) is 19.7. The van der Waals surface area contributed by atoms with Crippen LogP contribution in [0.3, 0.4) is 0 Å². The van der Waals surface area contributed by atoms with E-state index in [4.69, 9.17) is 0 Å². The average molecular weight is 798 g/mol. The van der Waals surface area contributed by atoms with Crippen LogP contribution >= 0.6 is 0 Å². The van der Waals surface area contributed by atoms with Crippen LogP contribution in [-0.4, -0.2) is 17.8 Å². The van der Waals surface area contributed by atoms with Gasteiger partial charge in [0.25, 0.3) is 6.71 Å². The fraction of sp³-hybridized carbons (Fsp3) is 0.368. The molecule has 0 bridgehead atoms. The first-order chi connectivity index (χ1) is 29.3. The zero-order valence-corrected chi connectivity index (χ0v) is 37.6. The molecule has 0 N–H and O–H groups in total. The molecule has 6 aromatic carbocycles. The number of hydrogen-bond donors (Lipinski definition) is 0. The molecule has 2 fully saturated rings. The summed E-state index contributed by atoms with van der Waals surface area (Å²) in [5, 5.41) is 0. The van der Waals surface area contributed by atoms with E-state index in [2.05, 4.69) is 191 Å². The van der Waals surface area contributed by atoms with Crippen LogP contribution in [0, 0.1) is 13.8 Å². The monoisotopic (exact) mass is 797 g/mol. The number of aryl methyl sites for hydroxylation is 2. The van der Waals surface area contributed by atoms with Crippen molar-refractivity contribution in [2.75, 3.05) is 14.7 Å². The number of hydrogen-bond acceptors (Lipinski definition) is 3. The van der Waals surface area contributed by atoms with Crippen LogP contribution in [0.2, 0.25) is 0 Å². The van der Waals surface area contributed by atoms with Crippen LogP contribution in [0.15, 0.2) is 121 Å². The molecule has 2 aliphatic carbocycles. The van der Waals surface area contributed by atoms with E-state index < -0.39 is 0 Å². The third-order valence-electron chi connectivity index (χ3n) is 17.3. The minimum absolute atomic E-state index is 0.0230. The van der Waals surface area contributed by atoms with Crippen molar-refractivity contribution in [2.24, 2.45) is 0 Å². The first kappa shape index (κ1) is 37.5. The summed E-state index contributed by atoms with van der Waals surface area (Å²) in [5.74, 6) is 0. The largest absolute Gasteiger partial charge is 0.335 e. The number of benzene rings is 6. The first-order valence-electron chi connectivity index (χ1n) is 23.4. The molecule has 3 nitrogen and oxygen atoms in total. The molecule has 0 radical (unpaired) electrons. The van der Waals surface area contributed by atoms with Gasteiger partial charge in [0.2, 0.25) is 0 Å². The van der Waals surface area contributed by atoms with Crippen molar-refractivity contribution in [3.63, 3.8) is 0 Å². The smallest absolute Gasteiger partial charge is 0.252 e. The van der Waals surface area contributed by atoms with Crippen LogP contribution in [0.25, 0.3) is 0 Å². The molecule has 4 atom stereocenters. The Hall–Kier alpha value is -5.22. The van der Waals surface area contributed by atoms with Crippen LogP contribution in [0.4, 0.5) is 39.8 Å². The molecule has 0 spiro atoms. The summed E-state index contributed by atoms with van der Waals surface area (Å²) in [6.07, 6.45) is 9.70. The second-order valence-corrected chi connectivity index (χ2v) is 21.5. The molecule has 4 aliphatic heterocycles. The predicted molar refractivity (Wildman–Crippen MR) is 259 cm³/mol. The summed E-state index contributed by atoms with van der Waals surface area (Å²) in [7, 11) is 0. The highest BCUT2D eigenvalue weighted by Crippen LogP contribution is 2.66. The van der Waals surface area contributed by atoms with Gasteiger partial charge < -0.3 is 14.7 Å². The lowest BCUT2D eigenvalue weighted by molar-refractivity contribution is 0.195. The Labute approximate surface area is 364 Å². The van der Waals surface area contributed by atoms with Gasteiger partial charge in [0, 0.05) is 50.6 Å². The van der Waals surface area contributed by atoms with Crippen LogP contribution in [0.5, 0.6) is 0 Å². The molecule has 6 aromatic rings. The Kier molecular flexibility index (Phi) is 7.67. The fourth-order valence-electron chi connectivity index (χ4n) is 14.1. The molecule has 6 aliphatic rings. The zero-order chi connectivity index (χ0) is 41.8. The zero-order valence-electron chi connectivity index (χ0n) is 37.6. The van der Waals surface area contributed by atoms with Gasteiger partial charge in [-0.15, -0.1) is 0 Å². The Balaban J connectivity index is 1.21.